The number of amides is 1. The van der Waals surface area contributed by atoms with Crippen molar-refractivity contribution in [3.63, 3.8) is 0 Å². The molecule has 1 atom stereocenters. The number of hydrogen-bond donors (Lipinski definition) is 1. The third kappa shape index (κ3) is 6.34. The van der Waals surface area contributed by atoms with E-state index >= 15 is 0 Å². The van der Waals surface area contributed by atoms with Gasteiger partial charge in [-0.2, -0.15) is 39.5 Å². The molecule has 0 bridgehead atoms. The first-order chi connectivity index (χ1) is 14.6. The minimum atomic E-state index is -5.16. The van der Waals surface area contributed by atoms with Crippen LogP contribution in [0, 0.1) is 0 Å². The van der Waals surface area contributed by atoms with Crippen molar-refractivity contribution in [2.45, 2.75) is 24.6 Å². The van der Waals surface area contributed by atoms with Crippen LogP contribution < -0.4 is 5.32 Å². The summed E-state index contributed by atoms with van der Waals surface area (Å²) in [5, 5.41) is 1.49. The zero-order valence-electron chi connectivity index (χ0n) is 15.6. The molecule has 3 nitrogen and oxygen atoms in total. The van der Waals surface area contributed by atoms with Gasteiger partial charge in [-0.1, -0.05) is 24.3 Å². The summed E-state index contributed by atoms with van der Waals surface area (Å²) in [6.45, 7) is 0. The molecule has 0 aromatic heterocycles. The molecule has 0 spiro atoms. The molecule has 0 fully saturated rings. The van der Waals surface area contributed by atoms with Crippen LogP contribution in [-0.2, 0) is 17.1 Å². The average Bonchev–Trinajstić information content (AvgIpc) is 2.68. The van der Waals surface area contributed by atoms with Gasteiger partial charge >= 0.3 is 18.5 Å². The quantitative estimate of drug-likeness (QED) is 0.333. The number of carbonyl (C=O) groups excluding carboxylic acids is 2. The van der Waals surface area contributed by atoms with Gasteiger partial charge in [-0.25, -0.2) is 0 Å². The first kappa shape index (κ1) is 25.0. The van der Waals surface area contributed by atoms with Crippen molar-refractivity contribution in [1.82, 2.24) is 5.32 Å². The molecule has 172 valence electrons. The molecule has 1 amide bonds. The predicted octanol–water partition coefficient (Wildman–Crippen LogP) is 5.97. The fourth-order valence-electron chi connectivity index (χ4n) is 2.64. The first-order valence-electron chi connectivity index (χ1n) is 8.52. The van der Waals surface area contributed by atoms with Gasteiger partial charge in [0.25, 0.3) is 0 Å². The van der Waals surface area contributed by atoms with Gasteiger partial charge in [-0.15, -0.1) is 0 Å². The van der Waals surface area contributed by atoms with Crippen LogP contribution in [0.2, 0.25) is 0 Å². The molecule has 2 aromatic rings. The zero-order valence-corrected chi connectivity index (χ0v) is 15.6. The molecule has 1 N–H and O–H groups in total. The van der Waals surface area contributed by atoms with Gasteiger partial charge in [0.15, 0.2) is 12.3 Å². The summed E-state index contributed by atoms with van der Waals surface area (Å²) in [6.07, 6.45) is -13.8. The van der Waals surface area contributed by atoms with Crippen LogP contribution >= 0.6 is 0 Å². The SMILES string of the molecule is O=Cc1ccc(/C=C/C(=O)NC(c2cccc(C(F)(F)F)c2)C(F)(F)F)cc1C(F)(F)F. The highest BCUT2D eigenvalue weighted by Gasteiger charge is 2.42. The molecule has 1 unspecified atom stereocenters. The van der Waals surface area contributed by atoms with Crippen molar-refractivity contribution in [3.8, 4) is 0 Å². The highest BCUT2D eigenvalue weighted by atomic mass is 19.4. The van der Waals surface area contributed by atoms with Gasteiger partial charge in [0.05, 0.1) is 11.1 Å². The van der Waals surface area contributed by atoms with E-state index in [-0.39, 0.29) is 17.9 Å². The summed E-state index contributed by atoms with van der Waals surface area (Å²) in [5.74, 6) is -1.42. The lowest BCUT2D eigenvalue weighted by Gasteiger charge is -2.22. The second-order valence-corrected chi connectivity index (χ2v) is 6.40. The maximum absolute atomic E-state index is 13.3. The van der Waals surface area contributed by atoms with Gasteiger partial charge in [0.1, 0.15) is 0 Å². The molecule has 0 heterocycles. The largest absolute Gasteiger partial charge is 0.417 e. The third-order valence-corrected chi connectivity index (χ3v) is 4.10. The van der Waals surface area contributed by atoms with Crippen LogP contribution in [-0.4, -0.2) is 18.4 Å². The van der Waals surface area contributed by atoms with Crippen LogP contribution in [0.25, 0.3) is 6.08 Å². The Hall–Kier alpha value is -3.31. The molecule has 0 saturated heterocycles. The van der Waals surface area contributed by atoms with E-state index in [0.717, 1.165) is 30.3 Å². The molecule has 0 aliphatic heterocycles. The average molecular weight is 469 g/mol. The summed E-state index contributed by atoms with van der Waals surface area (Å²) in [6, 6.07) is 1.82. The molecule has 12 heteroatoms. The van der Waals surface area contributed by atoms with Crippen molar-refractivity contribution >= 4 is 18.3 Å². The molecule has 0 saturated carbocycles. The normalized spacial score (nSPS) is 13.8. The number of rotatable bonds is 5. The molecule has 2 rings (SSSR count). The summed E-state index contributed by atoms with van der Waals surface area (Å²) in [4.78, 5) is 22.7. The Labute approximate surface area is 174 Å². The highest BCUT2D eigenvalue weighted by Crippen LogP contribution is 2.36. The Morgan fingerprint density at radius 3 is 2.06 bits per heavy atom. The van der Waals surface area contributed by atoms with Crippen molar-refractivity contribution in [2.24, 2.45) is 0 Å². The zero-order chi connectivity index (χ0) is 24.3. The number of hydrogen-bond acceptors (Lipinski definition) is 2. The number of benzene rings is 2. The van der Waals surface area contributed by atoms with E-state index in [1.54, 1.807) is 0 Å². The standard InChI is InChI=1S/C20H12F9NO2/c21-18(22,23)14-3-1-2-12(9-14)17(20(27,28)29)30-16(32)7-5-11-4-6-13(10-31)15(8-11)19(24,25)26/h1-10,17H,(H,30,32)/b7-5+. The van der Waals surface area contributed by atoms with Gasteiger partial charge in [-0.05, 0) is 35.4 Å². The van der Waals surface area contributed by atoms with E-state index < -0.39 is 52.7 Å². The van der Waals surface area contributed by atoms with Crippen molar-refractivity contribution in [2.75, 3.05) is 0 Å². The Morgan fingerprint density at radius 1 is 0.875 bits per heavy atom. The molecule has 0 radical (unpaired) electrons. The second-order valence-electron chi connectivity index (χ2n) is 6.40. The molecular weight excluding hydrogens is 457 g/mol. The van der Waals surface area contributed by atoms with E-state index in [1.807, 2.05) is 0 Å². The van der Waals surface area contributed by atoms with E-state index in [2.05, 4.69) is 0 Å². The lowest BCUT2D eigenvalue weighted by Crippen LogP contribution is -2.37. The van der Waals surface area contributed by atoms with E-state index in [4.69, 9.17) is 0 Å². The van der Waals surface area contributed by atoms with Crippen molar-refractivity contribution in [3.05, 3.63) is 76.4 Å². The number of aldehydes is 1. The lowest BCUT2D eigenvalue weighted by molar-refractivity contribution is -0.162. The lowest BCUT2D eigenvalue weighted by atomic mass is 10.0. The monoisotopic (exact) mass is 469 g/mol. The number of halogens is 9. The number of nitrogens with one attached hydrogen (secondary N) is 1. The summed E-state index contributed by atoms with van der Waals surface area (Å²) in [5.41, 5.74) is -4.48. The van der Waals surface area contributed by atoms with Crippen LogP contribution in [0.4, 0.5) is 39.5 Å². The predicted molar refractivity (Wildman–Crippen MR) is 94.2 cm³/mol. The van der Waals surface area contributed by atoms with Crippen molar-refractivity contribution in [1.29, 1.82) is 0 Å². The smallest absolute Gasteiger partial charge is 0.337 e. The topological polar surface area (TPSA) is 46.2 Å². The fraction of sp³-hybridized carbons (Fsp3) is 0.200. The summed E-state index contributed by atoms with van der Waals surface area (Å²) < 4.78 is 117. The number of alkyl halides is 9. The van der Waals surface area contributed by atoms with E-state index in [0.29, 0.717) is 18.2 Å². The Morgan fingerprint density at radius 2 is 1.53 bits per heavy atom. The van der Waals surface area contributed by atoms with E-state index in [9.17, 15) is 49.1 Å². The molecule has 0 aliphatic carbocycles. The highest BCUT2D eigenvalue weighted by molar-refractivity contribution is 5.92. The Bertz CT molecular complexity index is 1020. The maximum atomic E-state index is 13.3. The second kappa shape index (κ2) is 9.05. The minimum absolute atomic E-state index is 0.0357. The van der Waals surface area contributed by atoms with Gasteiger partial charge in [-0.3, -0.25) is 9.59 Å². The molecule has 2 aromatic carbocycles. The fourth-order valence-corrected chi connectivity index (χ4v) is 2.64. The Kier molecular flexibility index (Phi) is 7.06. The van der Waals surface area contributed by atoms with Crippen LogP contribution in [0.5, 0.6) is 0 Å². The van der Waals surface area contributed by atoms with E-state index in [1.165, 1.54) is 5.32 Å². The van der Waals surface area contributed by atoms with Crippen LogP contribution in [0.3, 0.4) is 0 Å². The third-order valence-electron chi connectivity index (χ3n) is 4.10. The minimum Gasteiger partial charge on any atom is -0.337 e. The van der Waals surface area contributed by atoms with Crippen LogP contribution in [0.15, 0.2) is 48.5 Å². The summed E-state index contributed by atoms with van der Waals surface area (Å²) in [7, 11) is 0. The maximum Gasteiger partial charge on any atom is 0.417 e. The molecule has 0 aliphatic rings. The molecule has 32 heavy (non-hydrogen) atoms. The number of carbonyl (C=O) groups is 2. The van der Waals surface area contributed by atoms with Crippen molar-refractivity contribution < 1.29 is 49.1 Å². The summed E-state index contributed by atoms with van der Waals surface area (Å²) >= 11 is 0. The Balaban J connectivity index is 2.29. The van der Waals surface area contributed by atoms with Gasteiger partial charge in [0, 0.05) is 11.6 Å². The van der Waals surface area contributed by atoms with Gasteiger partial charge < -0.3 is 5.32 Å². The van der Waals surface area contributed by atoms with Gasteiger partial charge in [0.2, 0.25) is 5.91 Å². The first-order valence-corrected chi connectivity index (χ1v) is 8.52. The van der Waals surface area contributed by atoms with Crippen LogP contribution in [0.1, 0.15) is 38.7 Å². The molecular formula is C20H12F9NO2.